The maximum absolute atomic E-state index is 14.5. The molecule has 1 fully saturated rings. The van der Waals surface area contributed by atoms with Gasteiger partial charge in [0.05, 0.1) is 12.3 Å². The second-order valence-corrected chi connectivity index (χ2v) is 10.1. The van der Waals surface area contributed by atoms with Gasteiger partial charge in [-0.3, -0.25) is 9.69 Å². The number of hydrogen-bond donors (Lipinski definition) is 1. The van der Waals surface area contributed by atoms with Gasteiger partial charge in [0.25, 0.3) is 5.56 Å². The highest BCUT2D eigenvalue weighted by Crippen LogP contribution is 2.30. The molecule has 1 unspecified atom stereocenters. The first-order chi connectivity index (χ1) is 20.1. The van der Waals surface area contributed by atoms with Gasteiger partial charge in [0.15, 0.2) is 5.82 Å². The fourth-order valence-corrected chi connectivity index (χ4v) is 5.54. The lowest BCUT2D eigenvalue weighted by molar-refractivity contribution is 0.199. The third kappa shape index (κ3) is 5.69. The first-order valence-corrected chi connectivity index (χ1v) is 13.9. The molecule has 210 valence electrons. The quantitative estimate of drug-likeness (QED) is 0.292. The monoisotopic (exact) mass is 553 g/mol. The Hall–Kier alpha value is -4.57. The Morgan fingerprint density at radius 1 is 0.976 bits per heavy atom. The van der Waals surface area contributed by atoms with Gasteiger partial charge in [0, 0.05) is 49.2 Å². The van der Waals surface area contributed by atoms with E-state index in [9.17, 15) is 9.18 Å². The van der Waals surface area contributed by atoms with Crippen LogP contribution in [0.1, 0.15) is 29.9 Å². The molecule has 5 aromatic rings. The average Bonchev–Trinajstić information content (AvgIpc) is 3.46. The number of pyridine rings is 1. The molecule has 0 radical (unpaired) electrons. The molecular weight excluding hydrogens is 521 g/mol. The largest absolute Gasteiger partial charge is 0.494 e. The maximum Gasteiger partial charge on any atom is 0.253 e. The minimum absolute atomic E-state index is 0.194. The molecule has 0 spiro atoms. The highest BCUT2D eigenvalue weighted by atomic mass is 19.1. The molecule has 0 aliphatic carbocycles. The van der Waals surface area contributed by atoms with Crippen LogP contribution in [0.3, 0.4) is 0 Å². The molecule has 6 rings (SSSR count). The Morgan fingerprint density at radius 3 is 2.54 bits per heavy atom. The molecule has 3 aromatic carbocycles. The van der Waals surface area contributed by atoms with Crippen LogP contribution >= 0.6 is 0 Å². The van der Waals surface area contributed by atoms with Gasteiger partial charge < -0.3 is 14.6 Å². The number of tetrazole rings is 1. The zero-order valence-corrected chi connectivity index (χ0v) is 22.9. The molecule has 0 bridgehead atoms. The van der Waals surface area contributed by atoms with E-state index in [0.29, 0.717) is 56.4 Å². The topological polar surface area (TPSA) is 92.2 Å². The Morgan fingerprint density at radius 2 is 1.76 bits per heavy atom. The van der Waals surface area contributed by atoms with E-state index in [1.165, 1.54) is 11.6 Å². The van der Waals surface area contributed by atoms with Crippen molar-refractivity contribution < 1.29 is 9.13 Å². The van der Waals surface area contributed by atoms with Crippen molar-refractivity contribution in [2.75, 3.05) is 37.7 Å². The number of para-hydroxylation sites is 1. The summed E-state index contributed by atoms with van der Waals surface area (Å²) in [6, 6.07) is 24.1. The van der Waals surface area contributed by atoms with Crippen LogP contribution in [-0.2, 0) is 13.0 Å². The van der Waals surface area contributed by atoms with Gasteiger partial charge in [-0.1, -0.05) is 42.5 Å². The van der Waals surface area contributed by atoms with E-state index in [1.54, 1.807) is 16.8 Å². The molecule has 0 saturated carbocycles. The van der Waals surface area contributed by atoms with Crippen LogP contribution in [0, 0.1) is 5.82 Å². The number of nitrogens with zero attached hydrogens (tertiary/aromatic N) is 6. The first-order valence-electron chi connectivity index (χ1n) is 13.9. The van der Waals surface area contributed by atoms with Crippen molar-refractivity contribution >= 4 is 16.6 Å². The van der Waals surface area contributed by atoms with Crippen molar-refractivity contribution in [2.45, 2.75) is 25.9 Å². The van der Waals surface area contributed by atoms with Crippen molar-refractivity contribution in [1.82, 2.24) is 30.1 Å². The summed E-state index contributed by atoms with van der Waals surface area (Å²) in [4.78, 5) is 20.9. The summed E-state index contributed by atoms with van der Waals surface area (Å²) >= 11 is 0. The molecule has 3 heterocycles. The second kappa shape index (κ2) is 11.9. The van der Waals surface area contributed by atoms with Crippen LogP contribution in [0.2, 0.25) is 0 Å². The van der Waals surface area contributed by atoms with E-state index < -0.39 is 6.04 Å². The van der Waals surface area contributed by atoms with E-state index in [4.69, 9.17) is 4.74 Å². The average molecular weight is 554 g/mol. The lowest BCUT2D eigenvalue weighted by Gasteiger charge is -2.39. The number of anilines is 1. The number of aryl methyl sites for hydroxylation is 2. The summed E-state index contributed by atoms with van der Waals surface area (Å²) in [7, 11) is 0. The standard InChI is InChI=1S/C31H32FN7O2/c1-2-41-24-12-13-27-23(20-24)21-25(31(40)33-27)29(30-34-35-36-39(30)15-14-22-8-4-3-5-9-22)38-18-16-37(17-19-38)28-11-7-6-10-26(28)32/h3-13,20-21,29H,2,14-19H2,1H3,(H,33,40). The summed E-state index contributed by atoms with van der Waals surface area (Å²) in [5.74, 6) is 1.10. The Labute approximate surface area is 237 Å². The number of H-pyrrole nitrogens is 1. The van der Waals surface area contributed by atoms with Gasteiger partial charge in [-0.2, -0.15) is 0 Å². The maximum atomic E-state index is 14.5. The van der Waals surface area contributed by atoms with Crippen molar-refractivity contribution in [3.05, 3.63) is 112 Å². The summed E-state index contributed by atoms with van der Waals surface area (Å²) < 4.78 is 22.1. The lowest BCUT2D eigenvalue weighted by atomic mass is 10.0. The second-order valence-electron chi connectivity index (χ2n) is 10.1. The van der Waals surface area contributed by atoms with E-state index in [1.807, 2.05) is 60.4 Å². The van der Waals surface area contributed by atoms with Crippen LogP contribution in [0.5, 0.6) is 5.75 Å². The third-order valence-corrected chi connectivity index (χ3v) is 7.58. The molecule has 41 heavy (non-hydrogen) atoms. The molecule has 2 aromatic heterocycles. The minimum Gasteiger partial charge on any atom is -0.494 e. The van der Waals surface area contributed by atoms with Gasteiger partial charge in [0.1, 0.15) is 17.6 Å². The van der Waals surface area contributed by atoms with Crippen molar-refractivity contribution in [1.29, 1.82) is 0 Å². The highest BCUT2D eigenvalue weighted by molar-refractivity contribution is 5.80. The third-order valence-electron chi connectivity index (χ3n) is 7.58. The molecular formula is C31H32FN7O2. The number of nitrogens with one attached hydrogen (secondary N) is 1. The van der Waals surface area contributed by atoms with E-state index in [2.05, 4.69) is 37.5 Å². The van der Waals surface area contributed by atoms with Crippen LogP contribution in [0.4, 0.5) is 10.1 Å². The Balaban J connectivity index is 1.36. The number of aromatic nitrogens is 5. The molecule has 1 aliphatic rings. The Bertz CT molecular complexity index is 1680. The fraction of sp³-hybridized carbons (Fsp3) is 0.290. The fourth-order valence-electron chi connectivity index (χ4n) is 5.54. The van der Waals surface area contributed by atoms with E-state index >= 15 is 0 Å². The number of aromatic amines is 1. The summed E-state index contributed by atoms with van der Waals surface area (Å²) in [5.41, 5.74) is 2.86. The number of fused-ring (bicyclic) bond motifs is 1. The van der Waals surface area contributed by atoms with Crippen molar-refractivity contribution in [2.24, 2.45) is 0 Å². The van der Waals surface area contributed by atoms with E-state index in [-0.39, 0.29) is 11.4 Å². The number of ether oxygens (including phenoxy) is 1. The van der Waals surface area contributed by atoms with Gasteiger partial charge in [-0.25, -0.2) is 9.07 Å². The zero-order chi connectivity index (χ0) is 28.2. The molecule has 1 saturated heterocycles. The number of piperazine rings is 1. The normalized spacial score (nSPS) is 14.8. The Kier molecular flexibility index (Phi) is 7.73. The number of hydrogen-bond acceptors (Lipinski definition) is 7. The van der Waals surface area contributed by atoms with Gasteiger partial charge in [-0.15, -0.1) is 5.10 Å². The minimum atomic E-state index is -0.493. The van der Waals surface area contributed by atoms with Crippen molar-refractivity contribution in [3.8, 4) is 5.75 Å². The van der Waals surface area contributed by atoms with Gasteiger partial charge in [-0.05, 0) is 65.7 Å². The molecule has 9 nitrogen and oxygen atoms in total. The van der Waals surface area contributed by atoms with Crippen LogP contribution < -0.4 is 15.2 Å². The van der Waals surface area contributed by atoms with Crippen LogP contribution in [0.15, 0.2) is 83.7 Å². The van der Waals surface area contributed by atoms with Crippen LogP contribution in [-0.4, -0.2) is 62.9 Å². The van der Waals surface area contributed by atoms with Crippen molar-refractivity contribution in [3.63, 3.8) is 0 Å². The van der Waals surface area contributed by atoms with Gasteiger partial charge >= 0.3 is 0 Å². The summed E-state index contributed by atoms with van der Waals surface area (Å²) in [6.07, 6.45) is 0.748. The zero-order valence-electron chi connectivity index (χ0n) is 22.9. The molecule has 10 heteroatoms. The van der Waals surface area contributed by atoms with Gasteiger partial charge in [0.2, 0.25) is 0 Å². The number of rotatable bonds is 9. The summed E-state index contributed by atoms with van der Waals surface area (Å²) in [6.45, 7) is 5.45. The lowest BCUT2D eigenvalue weighted by Crippen LogP contribution is -2.49. The first kappa shape index (κ1) is 26.6. The predicted octanol–water partition coefficient (Wildman–Crippen LogP) is 4.21. The SMILES string of the molecule is CCOc1ccc2[nH]c(=O)c(C(c3nnnn3CCc3ccccc3)N3CCN(c4ccccc4F)CC3)cc2c1. The number of benzene rings is 3. The molecule has 1 atom stereocenters. The highest BCUT2D eigenvalue weighted by Gasteiger charge is 2.33. The summed E-state index contributed by atoms with van der Waals surface area (Å²) in [5, 5.41) is 13.7. The number of halogens is 1. The molecule has 1 aliphatic heterocycles. The van der Waals surface area contributed by atoms with E-state index in [0.717, 1.165) is 23.1 Å². The smallest absolute Gasteiger partial charge is 0.253 e. The van der Waals surface area contributed by atoms with Crippen LogP contribution in [0.25, 0.3) is 10.9 Å². The molecule has 1 N–H and O–H groups in total. The molecule has 0 amide bonds. The predicted molar refractivity (Wildman–Crippen MR) is 156 cm³/mol.